The minimum Gasteiger partial charge on any atom is -0.452 e. The highest BCUT2D eigenvalue weighted by Crippen LogP contribution is 2.37. The largest absolute Gasteiger partial charge is 0.452 e. The van der Waals surface area contributed by atoms with Gasteiger partial charge >= 0.3 is 0 Å². The molecule has 1 N–H and O–H groups in total. The third-order valence-corrected chi connectivity index (χ3v) is 5.16. The predicted octanol–water partition coefficient (Wildman–Crippen LogP) is 4.40. The lowest BCUT2D eigenvalue weighted by Gasteiger charge is -2.26. The Morgan fingerprint density at radius 3 is 2.92 bits per heavy atom. The fourth-order valence-corrected chi connectivity index (χ4v) is 3.93. The highest BCUT2D eigenvalue weighted by Gasteiger charge is 2.34. The zero-order valence-corrected chi connectivity index (χ0v) is 16.2. The Morgan fingerprint density at radius 2 is 2.29 bits per heavy atom. The average molecular weight is 411 g/mol. The first-order valence-corrected chi connectivity index (χ1v) is 9.62. The van der Waals surface area contributed by atoms with Crippen molar-refractivity contribution in [2.24, 2.45) is 0 Å². The molecule has 0 saturated heterocycles. The summed E-state index contributed by atoms with van der Waals surface area (Å²) in [7, 11) is 0. The number of thioether (sulfide) groups is 1. The summed E-state index contributed by atoms with van der Waals surface area (Å²) in [6.07, 6.45) is 2.25. The van der Waals surface area contributed by atoms with Gasteiger partial charge in [-0.3, -0.25) is 4.79 Å². The van der Waals surface area contributed by atoms with Crippen molar-refractivity contribution in [1.29, 1.82) is 0 Å². The maximum Gasteiger partial charge on any atom is 0.227 e. The molecule has 128 valence electrons. The number of rotatable bonds is 6. The highest BCUT2D eigenvalue weighted by molar-refractivity contribution is 9.10. The number of halogens is 1. The summed E-state index contributed by atoms with van der Waals surface area (Å²) in [6.45, 7) is 5.60. The number of ketones is 1. The molecule has 3 heterocycles. The Labute approximate surface area is 153 Å². The Bertz CT molecular complexity index is 796. The monoisotopic (exact) mass is 410 g/mol. The first-order valence-electron chi connectivity index (χ1n) is 7.84. The molecule has 24 heavy (non-hydrogen) atoms. The molecule has 0 aliphatic carbocycles. The second kappa shape index (κ2) is 7.14. The van der Waals surface area contributed by atoms with Gasteiger partial charge in [0.25, 0.3) is 0 Å². The van der Waals surface area contributed by atoms with Gasteiger partial charge < -0.3 is 9.73 Å². The van der Waals surface area contributed by atoms with Crippen molar-refractivity contribution in [3.8, 4) is 0 Å². The highest BCUT2D eigenvalue weighted by atomic mass is 79.9. The number of fused-ring (bicyclic) bond motifs is 1. The average Bonchev–Trinajstić information content (AvgIpc) is 3.11. The molecule has 1 aliphatic heterocycles. The van der Waals surface area contributed by atoms with Crippen molar-refractivity contribution < 1.29 is 9.21 Å². The summed E-state index contributed by atoms with van der Waals surface area (Å²) in [6, 6.07) is 3.27. The third-order valence-electron chi connectivity index (χ3n) is 3.80. The van der Waals surface area contributed by atoms with Crippen molar-refractivity contribution in [3.63, 3.8) is 0 Å². The van der Waals surface area contributed by atoms with E-state index in [4.69, 9.17) is 4.42 Å². The van der Waals surface area contributed by atoms with Gasteiger partial charge in [0.05, 0.1) is 0 Å². The lowest BCUT2D eigenvalue weighted by Crippen LogP contribution is -2.27. The molecule has 0 aromatic carbocycles. The molecule has 3 rings (SSSR count). The summed E-state index contributed by atoms with van der Waals surface area (Å²) in [4.78, 5) is 16.8. The molecule has 0 fully saturated rings. The van der Waals surface area contributed by atoms with E-state index in [1.165, 1.54) is 0 Å². The number of aromatic nitrogens is 3. The second-order valence-electron chi connectivity index (χ2n) is 5.63. The summed E-state index contributed by atoms with van der Waals surface area (Å²) >= 11 is 4.95. The molecule has 2 aromatic heterocycles. The molecule has 0 bridgehead atoms. The zero-order valence-electron chi connectivity index (χ0n) is 13.8. The predicted molar refractivity (Wildman–Crippen MR) is 97.2 cm³/mol. The van der Waals surface area contributed by atoms with Crippen LogP contribution < -0.4 is 5.32 Å². The van der Waals surface area contributed by atoms with Gasteiger partial charge in [-0.15, -0.1) is 5.10 Å². The lowest BCUT2D eigenvalue weighted by molar-refractivity contribution is -0.114. The second-order valence-corrected chi connectivity index (χ2v) is 7.47. The topological polar surface area (TPSA) is 73.0 Å². The SMILES string of the molecule is CCCCSc1nc2n(n1)C(c1ccc(Br)o1)C(C(C)=O)=C(C)N2. The van der Waals surface area contributed by atoms with E-state index in [-0.39, 0.29) is 5.78 Å². The van der Waals surface area contributed by atoms with Crippen LogP contribution in [0, 0.1) is 0 Å². The standard InChI is InChI=1S/C16H19BrN4O2S/c1-4-5-8-24-16-19-15-18-9(2)13(10(3)22)14(21(15)20-16)11-6-7-12(17)23-11/h6-7,14H,4-5,8H2,1-3H3,(H,18,19,20). The van der Waals surface area contributed by atoms with Crippen LogP contribution in [0.5, 0.6) is 0 Å². The van der Waals surface area contributed by atoms with E-state index in [2.05, 4.69) is 38.3 Å². The molecule has 1 aliphatic rings. The van der Waals surface area contributed by atoms with Crippen molar-refractivity contribution in [2.45, 2.75) is 44.8 Å². The summed E-state index contributed by atoms with van der Waals surface area (Å²) in [5.74, 6) is 2.25. The Hall–Kier alpha value is -1.54. The van der Waals surface area contributed by atoms with Gasteiger partial charge in [0.2, 0.25) is 11.1 Å². The Balaban J connectivity index is 2.01. The number of carbonyl (C=O) groups excluding carboxylic acids is 1. The number of nitrogens with zero attached hydrogens (tertiary/aromatic N) is 3. The molecule has 2 aromatic rings. The van der Waals surface area contributed by atoms with Crippen LogP contribution in [0.15, 0.2) is 37.6 Å². The van der Waals surface area contributed by atoms with E-state index in [1.54, 1.807) is 23.4 Å². The molecule has 8 heteroatoms. The van der Waals surface area contributed by atoms with Crippen LogP contribution in [-0.4, -0.2) is 26.3 Å². The zero-order chi connectivity index (χ0) is 17.3. The van der Waals surface area contributed by atoms with Crippen LogP contribution in [0.25, 0.3) is 0 Å². The molecular formula is C16H19BrN4O2S. The third kappa shape index (κ3) is 3.30. The molecule has 1 atom stereocenters. The summed E-state index contributed by atoms with van der Waals surface area (Å²) in [5, 5.41) is 8.50. The smallest absolute Gasteiger partial charge is 0.227 e. The van der Waals surface area contributed by atoms with Crippen molar-refractivity contribution in [3.05, 3.63) is 33.8 Å². The van der Waals surface area contributed by atoms with Crippen LogP contribution in [0.3, 0.4) is 0 Å². The molecule has 0 radical (unpaired) electrons. The minimum absolute atomic E-state index is 0.0149. The summed E-state index contributed by atoms with van der Waals surface area (Å²) in [5.41, 5.74) is 1.42. The van der Waals surface area contributed by atoms with E-state index in [0.717, 1.165) is 24.3 Å². The van der Waals surface area contributed by atoms with Crippen LogP contribution >= 0.6 is 27.7 Å². The maximum atomic E-state index is 12.2. The lowest BCUT2D eigenvalue weighted by atomic mass is 9.98. The molecule has 0 saturated carbocycles. The van der Waals surface area contributed by atoms with Gasteiger partial charge in [0.15, 0.2) is 10.5 Å². The Kier molecular flexibility index (Phi) is 5.15. The van der Waals surface area contributed by atoms with E-state index in [1.807, 2.05) is 19.1 Å². The van der Waals surface area contributed by atoms with Gasteiger partial charge in [0.1, 0.15) is 11.8 Å². The van der Waals surface area contributed by atoms with Gasteiger partial charge in [-0.2, -0.15) is 4.98 Å². The number of hydrogen-bond acceptors (Lipinski definition) is 6. The molecular weight excluding hydrogens is 392 g/mol. The number of anilines is 1. The van der Waals surface area contributed by atoms with Crippen molar-refractivity contribution >= 4 is 39.4 Å². The normalized spacial score (nSPS) is 16.9. The van der Waals surface area contributed by atoms with Gasteiger partial charge in [-0.25, -0.2) is 4.68 Å². The number of hydrogen-bond donors (Lipinski definition) is 1. The van der Waals surface area contributed by atoms with E-state index in [0.29, 0.717) is 27.1 Å². The van der Waals surface area contributed by atoms with E-state index in [9.17, 15) is 4.79 Å². The van der Waals surface area contributed by atoms with Crippen LogP contribution in [0.1, 0.15) is 45.4 Å². The van der Waals surface area contributed by atoms with Gasteiger partial charge in [0, 0.05) is 17.0 Å². The number of nitrogens with one attached hydrogen (secondary N) is 1. The fraction of sp³-hybridized carbons (Fsp3) is 0.438. The number of unbranched alkanes of at least 4 members (excludes halogenated alkanes) is 1. The number of furan rings is 1. The van der Waals surface area contributed by atoms with E-state index >= 15 is 0 Å². The molecule has 0 spiro atoms. The van der Waals surface area contributed by atoms with Crippen molar-refractivity contribution in [2.75, 3.05) is 11.1 Å². The van der Waals surface area contributed by atoms with Crippen LogP contribution in [0.2, 0.25) is 0 Å². The molecule has 0 amide bonds. The first kappa shape index (κ1) is 17.3. The van der Waals surface area contributed by atoms with E-state index < -0.39 is 6.04 Å². The maximum absolute atomic E-state index is 12.2. The van der Waals surface area contributed by atoms with Crippen LogP contribution in [-0.2, 0) is 4.79 Å². The molecule has 1 unspecified atom stereocenters. The van der Waals surface area contributed by atoms with Crippen LogP contribution in [0.4, 0.5) is 5.95 Å². The fourth-order valence-electron chi connectivity index (χ4n) is 2.69. The first-order chi connectivity index (χ1) is 11.5. The number of Topliss-reactive ketones (excluding diaryl/α,β-unsaturated/α-hetero) is 1. The Morgan fingerprint density at radius 1 is 1.50 bits per heavy atom. The summed E-state index contributed by atoms with van der Waals surface area (Å²) < 4.78 is 8.08. The number of carbonyl (C=O) groups is 1. The van der Waals surface area contributed by atoms with Gasteiger partial charge in [-0.1, -0.05) is 25.1 Å². The minimum atomic E-state index is -0.405. The number of allylic oxidation sites excluding steroid dienone is 2. The van der Waals surface area contributed by atoms with Gasteiger partial charge in [-0.05, 0) is 48.3 Å². The van der Waals surface area contributed by atoms with Crippen molar-refractivity contribution in [1.82, 2.24) is 14.8 Å². The quantitative estimate of drug-likeness (QED) is 0.561. The molecule has 6 nitrogen and oxygen atoms in total.